The lowest BCUT2D eigenvalue weighted by molar-refractivity contribution is 0.248. The van der Waals surface area contributed by atoms with Gasteiger partial charge in [0.25, 0.3) is 0 Å². The zero-order chi connectivity index (χ0) is 12.4. The molecule has 0 aromatic carbocycles. The lowest BCUT2D eigenvalue weighted by atomic mass is 10.3. The van der Waals surface area contributed by atoms with Gasteiger partial charge < -0.3 is 10.2 Å². The lowest BCUT2D eigenvalue weighted by Crippen LogP contribution is -2.47. The molecule has 0 amide bonds. The molecule has 1 aromatic rings. The highest BCUT2D eigenvalue weighted by atomic mass is 32.1. The van der Waals surface area contributed by atoms with Crippen molar-refractivity contribution in [2.45, 2.75) is 19.4 Å². The van der Waals surface area contributed by atoms with Crippen molar-refractivity contribution < 1.29 is 0 Å². The minimum Gasteiger partial charge on any atom is -0.346 e. The number of nitrogens with zero attached hydrogens (tertiary/aromatic N) is 3. The van der Waals surface area contributed by atoms with E-state index in [1.54, 1.807) is 11.3 Å². The maximum atomic E-state index is 4.69. The number of rotatable bonds is 5. The van der Waals surface area contributed by atoms with Crippen molar-refractivity contribution in [3.63, 3.8) is 0 Å². The van der Waals surface area contributed by atoms with Crippen molar-refractivity contribution in [1.29, 1.82) is 0 Å². The van der Waals surface area contributed by atoms with Crippen LogP contribution < -0.4 is 10.2 Å². The van der Waals surface area contributed by atoms with E-state index in [4.69, 9.17) is 0 Å². The van der Waals surface area contributed by atoms with Gasteiger partial charge in [-0.2, -0.15) is 0 Å². The van der Waals surface area contributed by atoms with Crippen LogP contribution in [0, 0.1) is 5.92 Å². The highest BCUT2D eigenvalue weighted by Crippen LogP contribution is 2.30. The molecule has 2 heterocycles. The maximum absolute atomic E-state index is 4.69. The zero-order valence-electron chi connectivity index (χ0n) is 11.1. The topological polar surface area (TPSA) is 31.4 Å². The van der Waals surface area contributed by atoms with E-state index in [2.05, 4.69) is 25.5 Å². The molecular weight excluding hydrogens is 244 g/mol. The third kappa shape index (κ3) is 3.02. The van der Waals surface area contributed by atoms with Gasteiger partial charge in [-0.25, -0.2) is 4.98 Å². The van der Waals surface area contributed by atoms with Crippen molar-refractivity contribution in [2.24, 2.45) is 5.92 Å². The molecule has 2 aliphatic rings. The van der Waals surface area contributed by atoms with Gasteiger partial charge in [-0.15, -0.1) is 11.3 Å². The van der Waals surface area contributed by atoms with E-state index >= 15 is 0 Å². The normalized spacial score (nSPS) is 21.5. The first-order chi connectivity index (χ1) is 8.85. The van der Waals surface area contributed by atoms with Crippen molar-refractivity contribution in [2.75, 3.05) is 44.7 Å². The second-order valence-electron chi connectivity index (χ2n) is 5.38. The molecule has 18 heavy (non-hydrogen) atoms. The molecule has 0 unspecified atom stereocenters. The summed E-state index contributed by atoms with van der Waals surface area (Å²) in [5.74, 6) is 1.01. The van der Waals surface area contributed by atoms with Crippen molar-refractivity contribution in [3.05, 3.63) is 11.1 Å². The van der Waals surface area contributed by atoms with E-state index in [-0.39, 0.29) is 0 Å². The number of anilines is 1. The Labute approximate surface area is 113 Å². The number of aromatic nitrogens is 1. The molecule has 3 rings (SSSR count). The van der Waals surface area contributed by atoms with Crippen LogP contribution in [-0.4, -0.2) is 49.7 Å². The molecule has 0 atom stereocenters. The average Bonchev–Trinajstić information content (AvgIpc) is 3.07. The fourth-order valence-corrected chi connectivity index (χ4v) is 3.37. The predicted octanol–water partition coefficient (Wildman–Crippen LogP) is 1.39. The molecular formula is C13H22N4S. The molecule has 0 bridgehead atoms. The van der Waals surface area contributed by atoms with Crippen molar-refractivity contribution >= 4 is 16.5 Å². The number of nitrogens with one attached hydrogen (secondary N) is 1. The van der Waals surface area contributed by atoms with Gasteiger partial charge >= 0.3 is 0 Å². The molecule has 100 valence electrons. The highest BCUT2D eigenvalue weighted by molar-refractivity contribution is 7.13. The Bertz CT molecular complexity index is 380. The fourth-order valence-electron chi connectivity index (χ4n) is 2.49. The van der Waals surface area contributed by atoms with E-state index < -0.39 is 0 Å². The first kappa shape index (κ1) is 12.4. The molecule has 0 spiro atoms. The van der Waals surface area contributed by atoms with Gasteiger partial charge in [0.2, 0.25) is 0 Å². The Morgan fingerprint density at radius 1 is 1.33 bits per heavy atom. The minimum absolute atomic E-state index is 0.873. The Balaban J connectivity index is 1.51. The van der Waals surface area contributed by atoms with Crippen LogP contribution in [0.2, 0.25) is 0 Å². The third-order valence-electron chi connectivity index (χ3n) is 3.75. The molecule has 1 aliphatic heterocycles. The first-order valence-electron chi connectivity index (χ1n) is 6.91. The largest absolute Gasteiger partial charge is 0.346 e. The van der Waals surface area contributed by atoms with Gasteiger partial charge in [-0.3, -0.25) is 4.90 Å². The molecule has 5 heteroatoms. The maximum Gasteiger partial charge on any atom is 0.185 e. The van der Waals surface area contributed by atoms with Crippen molar-refractivity contribution in [3.8, 4) is 0 Å². The van der Waals surface area contributed by atoms with Crippen LogP contribution in [0.1, 0.15) is 18.5 Å². The van der Waals surface area contributed by atoms with E-state index in [9.17, 15) is 0 Å². The van der Waals surface area contributed by atoms with E-state index in [1.807, 2.05) is 7.05 Å². The summed E-state index contributed by atoms with van der Waals surface area (Å²) < 4.78 is 0. The standard InChI is InChI=1S/C13H22N4S/c1-14-8-12-10-18-13(15-12)17-6-4-16(5-7-17)9-11-2-3-11/h10-11,14H,2-9H2,1H3. The fraction of sp³-hybridized carbons (Fsp3) is 0.769. The summed E-state index contributed by atoms with van der Waals surface area (Å²) in [6, 6.07) is 0. The summed E-state index contributed by atoms with van der Waals surface area (Å²) in [6.45, 7) is 6.89. The molecule has 1 N–H and O–H groups in total. The Kier molecular flexibility index (Phi) is 3.82. The van der Waals surface area contributed by atoms with Crippen LogP contribution in [0.15, 0.2) is 5.38 Å². The molecule has 0 radical (unpaired) electrons. The molecule has 1 aromatic heterocycles. The van der Waals surface area contributed by atoms with Crippen LogP contribution in [-0.2, 0) is 6.54 Å². The number of hydrogen-bond donors (Lipinski definition) is 1. The lowest BCUT2D eigenvalue weighted by Gasteiger charge is -2.34. The number of thiazole rings is 1. The van der Waals surface area contributed by atoms with E-state index in [1.165, 1.54) is 37.6 Å². The summed E-state index contributed by atoms with van der Waals surface area (Å²) in [4.78, 5) is 9.74. The van der Waals surface area contributed by atoms with Crippen LogP contribution in [0.5, 0.6) is 0 Å². The Hall–Kier alpha value is -0.650. The second kappa shape index (κ2) is 5.55. The third-order valence-corrected chi connectivity index (χ3v) is 4.70. The van der Waals surface area contributed by atoms with Gasteiger partial charge in [0, 0.05) is 44.6 Å². The van der Waals surface area contributed by atoms with Gasteiger partial charge in [-0.1, -0.05) is 0 Å². The summed E-state index contributed by atoms with van der Waals surface area (Å²) in [5, 5.41) is 6.52. The van der Waals surface area contributed by atoms with E-state index in [0.717, 1.165) is 31.2 Å². The smallest absolute Gasteiger partial charge is 0.185 e. The Morgan fingerprint density at radius 2 is 2.11 bits per heavy atom. The van der Waals surface area contributed by atoms with Crippen LogP contribution >= 0.6 is 11.3 Å². The molecule has 2 fully saturated rings. The average molecular weight is 266 g/mol. The number of piperazine rings is 1. The highest BCUT2D eigenvalue weighted by Gasteiger charge is 2.26. The molecule has 1 aliphatic carbocycles. The van der Waals surface area contributed by atoms with Gasteiger partial charge in [-0.05, 0) is 25.8 Å². The monoisotopic (exact) mass is 266 g/mol. The van der Waals surface area contributed by atoms with Crippen LogP contribution in [0.25, 0.3) is 0 Å². The SMILES string of the molecule is CNCc1csc(N2CCN(CC3CC3)CC2)n1. The molecule has 1 saturated carbocycles. The van der Waals surface area contributed by atoms with Gasteiger partial charge in [0.05, 0.1) is 5.69 Å². The van der Waals surface area contributed by atoms with Crippen LogP contribution in [0.3, 0.4) is 0 Å². The van der Waals surface area contributed by atoms with Gasteiger partial charge in [0.15, 0.2) is 5.13 Å². The van der Waals surface area contributed by atoms with E-state index in [0.29, 0.717) is 0 Å². The molecule has 1 saturated heterocycles. The summed E-state index contributed by atoms with van der Waals surface area (Å²) in [6.07, 6.45) is 2.92. The van der Waals surface area contributed by atoms with Gasteiger partial charge in [0.1, 0.15) is 0 Å². The molecule has 4 nitrogen and oxygen atoms in total. The minimum atomic E-state index is 0.873. The van der Waals surface area contributed by atoms with Crippen molar-refractivity contribution in [1.82, 2.24) is 15.2 Å². The number of hydrogen-bond acceptors (Lipinski definition) is 5. The predicted molar refractivity (Wildman–Crippen MR) is 76.3 cm³/mol. The summed E-state index contributed by atoms with van der Waals surface area (Å²) >= 11 is 1.78. The first-order valence-corrected chi connectivity index (χ1v) is 7.79. The van der Waals surface area contributed by atoms with Crippen LogP contribution in [0.4, 0.5) is 5.13 Å². The quantitative estimate of drug-likeness (QED) is 0.873. The zero-order valence-corrected chi connectivity index (χ0v) is 11.9. The Morgan fingerprint density at radius 3 is 2.78 bits per heavy atom. The summed E-state index contributed by atoms with van der Waals surface area (Å²) in [7, 11) is 1.97. The second-order valence-corrected chi connectivity index (χ2v) is 6.22. The summed E-state index contributed by atoms with van der Waals surface area (Å²) in [5.41, 5.74) is 1.16.